The van der Waals surface area contributed by atoms with E-state index >= 15 is 0 Å². The molecule has 0 saturated carbocycles. The van der Waals surface area contributed by atoms with Crippen molar-refractivity contribution in [2.75, 3.05) is 18.2 Å². The Bertz CT molecular complexity index is 573. The average Bonchev–Trinajstić information content (AvgIpc) is 2.48. The molecule has 1 aromatic heterocycles. The van der Waals surface area contributed by atoms with Crippen molar-refractivity contribution in [3.05, 3.63) is 47.6 Å². The molecule has 4 nitrogen and oxygen atoms in total. The molecule has 2 aromatic rings. The summed E-state index contributed by atoms with van der Waals surface area (Å²) in [7, 11) is 1.62. The number of aromatic nitrogens is 1. The standard InChI is InChI=1S/C14H13ClN2O2S/c1-19-11-3-5-12(6-4-11)20-9-14(18)17-13-7-2-10(15)8-16-13/h2-8H,9H2,1H3,(H,16,17,18). The second-order valence-electron chi connectivity index (χ2n) is 3.87. The lowest BCUT2D eigenvalue weighted by Crippen LogP contribution is -2.14. The van der Waals surface area contributed by atoms with Crippen molar-refractivity contribution in [3.63, 3.8) is 0 Å². The minimum atomic E-state index is -0.111. The van der Waals surface area contributed by atoms with Gasteiger partial charge in [0.15, 0.2) is 0 Å². The Morgan fingerprint density at radius 1 is 1.30 bits per heavy atom. The van der Waals surface area contributed by atoms with Crippen LogP contribution in [0.1, 0.15) is 0 Å². The van der Waals surface area contributed by atoms with Crippen LogP contribution in [-0.2, 0) is 4.79 Å². The van der Waals surface area contributed by atoms with Crippen LogP contribution in [0.15, 0.2) is 47.5 Å². The highest BCUT2D eigenvalue weighted by Crippen LogP contribution is 2.21. The molecule has 0 bridgehead atoms. The maximum Gasteiger partial charge on any atom is 0.235 e. The predicted molar refractivity (Wildman–Crippen MR) is 81.6 cm³/mol. The molecule has 0 radical (unpaired) electrons. The van der Waals surface area contributed by atoms with Crippen LogP contribution in [0.5, 0.6) is 5.75 Å². The number of nitrogens with one attached hydrogen (secondary N) is 1. The number of hydrogen-bond acceptors (Lipinski definition) is 4. The van der Waals surface area contributed by atoms with E-state index in [2.05, 4.69) is 10.3 Å². The van der Waals surface area contributed by atoms with Crippen LogP contribution in [0.2, 0.25) is 5.02 Å². The van der Waals surface area contributed by atoms with E-state index in [9.17, 15) is 4.79 Å². The molecule has 0 fully saturated rings. The third kappa shape index (κ3) is 4.43. The van der Waals surface area contributed by atoms with Crippen LogP contribution >= 0.6 is 23.4 Å². The Kier molecular flexibility index (Phi) is 5.26. The van der Waals surface area contributed by atoms with E-state index in [0.717, 1.165) is 10.6 Å². The number of halogens is 1. The molecule has 20 heavy (non-hydrogen) atoms. The Hall–Kier alpha value is -1.72. The number of ether oxygens (including phenoxy) is 1. The summed E-state index contributed by atoms with van der Waals surface area (Å²) in [5, 5.41) is 3.25. The van der Waals surface area contributed by atoms with Crippen molar-refractivity contribution >= 4 is 35.1 Å². The van der Waals surface area contributed by atoms with Crippen LogP contribution in [0.3, 0.4) is 0 Å². The van der Waals surface area contributed by atoms with Gasteiger partial charge in [0.05, 0.1) is 17.9 Å². The van der Waals surface area contributed by atoms with Crippen LogP contribution in [0, 0.1) is 0 Å². The lowest BCUT2D eigenvalue weighted by atomic mass is 10.3. The number of carbonyl (C=O) groups excluding carboxylic acids is 1. The molecule has 0 saturated heterocycles. The number of nitrogens with zero attached hydrogens (tertiary/aromatic N) is 1. The molecule has 1 aromatic carbocycles. The summed E-state index contributed by atoms with van der Waals surface area (Å²) in [5.74, 6) is 1.50. The number of benzene rings is 1. The number of carbonyl (C=O) groups is 1. The first-order chi connectivity index (χ1) is 9.67. The maximum absolute atomic E-state index is 11.8. The molecule has 104 valence electrons. The first-order valence-electron chi connectivity index (χ1n) is 5.85. The Labute approximate surface area is 126 Å². The number of thioether (sulfide) groups is 1. The quantitative estimate of drug-likeness (QED) is 0.859. The van der Waals surface area contributed by atoms with E-state index < -0.39 is 0 Å². The van der Waals surface area contributed by atoms with Crippen LogP contribution in [0.4, 0.5) is 5.82 Å². The van der Waals surface area contributed by atoms with Crippen molar-refractivity contribution < 1.29 is 9.53 Å². The fraction of sp³-hybridized carbons (Fsp3) is 0.143. The molecule has 6 heteroatoms. The van der Waals surface area contributed by atoms with Gasteiger partial charge in [0, 0.05) is 11.1 Å². The minimum Gasteiger partial charge on any atom is -0.497 e. The highest BCUT2D eigenvalue weighted by molar-refractivity contribution is 8.00. The lowest BCUT2D eigenvalue weighted by molar-refractivity contribution is -0.113. The zero-order valence-corrected chi connectivity index (χ0v) is 12.4. The van der Waals surface area contributed by atoms with Crippen molar-refractivity contribution in [1.29, 1.82) is 0 Å². The van der Waals surface area contributed by atoms with Gasteiger partial charge < -0.3 is 10.1 Å². The lowest BCUT2D eigenvalue weighted by Gasteiger charge is -2.05. The normalized spacial score (nSPS) is 10.1. The van der Waals surface area contributed by atoms with E-state index in [1.165, 1.54) is 18.0 Å². The number of amides is 1. The van der Waals surface area contributed by atoms with Crippen molar-refractivity contribution in [1.82, 2.24) is 4.98 Å². The van der Waals surface area contributed by atoms with Crippen molar-refractivity contribution in [3.8, 4) is 5.75 Å². The number of rotatable bonds is 5. The molecule has 0 aliphatic heterocycles. The van der Waals surface area contributed by atoms with E-state index in [-0.39, 0.29) is 5.91 Å². The average molecular weight is 309 g/mol. The zero-order valence-electron chi connectivity index (χ0n) is 10.8. The van der Waals surface area contributed by atoms with Gasteiger partial charge in [-0.1, -0.05) is 11.6 Å². The fourth-order valence-corrected chi connectivity index (χ4v) is 2.26. The van der Waals surface area contributed by atoms with E-state index in [1.54, 1.807) is 19.2 Å². The minimum absolute atomic E-state index is 0.111. The van der Waals surface area contributed by atoms with Crippen LogP contribution in [0.25, 0.3) is 0 Å². The van der Waals surface area contributed by atoms with Gasteiger partial charge in [-0.2, -0.15) is 0 Å². The molecule has 0 aliphatic rings. The fourth-order valence-electron chi connectivity index (χ4n) is 1.45. The highest BCUT2D eigenvalue weighted by Gasteiger charge is 2.04. The molecule has 1 N–H and O–H groups in total. The van der Waals surface area contributed by atoms with E-state index in [1.807, 2.05) is 24.3 Å². The van der Waals surface area contributed by atoms with E-state index in [4.69, 9.17) is 16.3 Å². The molecule has 2 rings (SSSR count). The molecular formula is C14H13ClN2O2S. The van der Waals surface area contributed by atoms with Crippen LogP contribution < -0.4 is 10.1 Å². The highest BCUT2D eigenvalue weighted by atomic mass is 35.5. The molecule has 0 unspecified atom stereocenters. The summed E-state index contributed by atoms with van der Waals surface area (Å²) in [6.45, 7) is 0. The third-order valence-corrected chi connectivity index (χ3v) is 3.66. The van der Waals surface area contributed by atoms with Gasteiger partial charge in [-0.05, 0) is 36.4 Å². The Balaban J connectivity index is 1.83. The number of pyridine rings is 1. The van der Waals surface area contributed by atoms with Gasteiger partial charge in [-0.15, -0.1) is 11.8 Å². The SMILES string of the molecule is COc1ccc(SCC(=O)Nc2ccc(Cl)cn2)cc1. The first kappa shape index (κ1) is 14.7. The summed E-state index contributed by atoms with van der Waals surface area (Å²) < 4.78 is 5.08. The topological polar surface area (TPSA) is 51.2 Å². The molecule has 0 aliphatic carbocycles. The number of methoxy groups -OCH3 is 1. The molecule has 0 atom stereocenters. The zero-order chi connectivity index (χ0) is 14.4. The molecule has 1 heterocycles. The van der Waals surface area contributed by atoms with Gasteiger partial charge in [-0.3, -0.25) is 4.79 Å². The Morgan fingerprint density at radius 2 is 2.05 bits per heavy atom. The second kappa shape index (κ2) is 7.17. The van der Waals surface area contributed by atoms with E-state index in [0.29, 0.717) is 16.6 Å². The maximum atomic E-state index is 11.8. The summed E-state index contributed by atoms with van der Waals surface area (Å²) in [6, 6.07) is 10.9. The van der Waals surface area contributed by atoms with Gasteiger partial charge in [0.25, 0.3) is 0 Å². The predicted octanol–water partition coefficient (Wildman–Crippen LogP) is 3.47. The van der Waals surface area contributed by atoms with Crippen molar-refractivity contribution in [2.45, 2.75) is 4.90 Å². The van der Waals surface area contributed by atoms with Gasteiger partial charge >= 0.3 is 0 Å². The van der Waals surface area contributed by atoms with Gasteiger partial charge in [-0.25, -0.2) is 4.98 Å². The molecular weight excluding hydrogens is 296 g/mol. The monoisotopic (exact) mass is 308 g/mol. The second-order valence-corrected chi connectivity index (χ2v) is 5.36. The number of anilines is 1. The van der Waals surface area contributed by atoms with Gasteiger partial charge in [0.2, 0.25) is 5.91 Å². The smallest absolute Gasteiger partial charge is 0.235 e. The summed E-state index contributed by atoms with van der Waals surface area (Å²) >= 11 is 7.17. The summed E-state index contributed by atoms with van der Waals surface area (Å²) in [5.41, 5.74) is 0. The largest absolute Gasteiger partial charge is 0.497 e. The number of hydrogen-bond donors (Lipinski definition) is 1. The third-order valence-electron chi connectivity index (χ3n) is 2.42. The van der Waals surface area contributed by atoms with Crippen molar-refractivity contribution in [2.24, 2.45) is 0 Å². The molecule has 0 spiro atoms. The summed E-state index contributed by atoms with van der Waals surface area (Å²) in [6.07, 6.45) is 1.49. The van der Waals surface area contributed by atoms with Gasteiger partial charge in [0.1, 0.15) is 11.6 Å². The molecule has 1 amide bonds. The first-order valence-corrected chi connectivity index (χ1v) is 7.22. The Morgan fingerprint density at radius 3 is 2.65 bits per heavy atom. The van der Waals surface area contributed by atoms with Crippen LogP contribution in [-0.4, -0.2) is 23.8 Å². The summed E-state index contributed by atoms with van der Waals surface area (Å²) in [4.78, 5) is 16.8.